The van der Waals surface area contributed by atoms with Gasteiger partial charge in [-0.1, -0.05) is 12.1 Å². The molecule has 1 aromatic heterocycles. The van der Waals surface area contributed by atoms with Crippen LogP contribution in [0.2, 0.25) is 0 Å². The Morgan fingerprint density at radius 1 is 1.22 bits per heavy atom. The largest absolute Gasteiger partial charge is 0.493 e. The van der Waals surface area contributed by atoms with E-state index in [0.717, 1.165) is 55.5 Å². The summed E-state index contributed by atoms with van der Waals surface area (Å²) in [4.78, 5) is 16.4. The lowest BCUT2D eigenvalue weighted by Crippen LogP contribution is -2.47. The molecular weight excluding hydrogens is 344 g/mol. The van der Waals surface area contributed by atoms with E-state index >= 15 is 0 Å². The zero-order chi connectivity index (χ0) is 18.8. The fraction of sp³-hybridized carbons (Fsp3) is 0.400. The van der Waals surface area contributed by atoms with Gasteiger partial charge in [0.2, 0.25) is 0 Å². The fourth-order valence-corrected chi connectivity index (χ4v) is 3.56. The average Bonchev–Trinajstić information content (AvgIpc) is 2.70. The van der Waals surface area contributed by atoms with Gasteiger partial charge in [-0.2, -0.15) is 5.10 Å². The number of para-hydroxylation sites is 1. The number of piperazine rings is 1. The standard InChI is InChI=1S/C20H24N4O3/c1-22-19(25)11-17(12-21-22)24-8-6-23(7-9-24)13-15-10-16-4-3-5-18(26-2)20(16)27-14-15/h3-5,10-12H,6-9,13-14H2,1-2H3. The van der Waals surface area contributed by atoms with Crippen molar-refractivity contribution in [3.8, 4) is 11.5 Å². The molecular formula is C20H24N4O3. The van der Waals surface area contributed by atoms with E-state index in [9.17, 15) is 4.79 Å². The number of rotatable bonds is 4. The molecule has 0 saturated carbocycles. The monoisotopic (exact) mass is 368 g/mol. The number of ether oxygens (including phenoxy) is 2. The number of hydrogen-bond acceptors (Lipinski definition) is 6. The van der Waals surface area contributed by atoms with Crippen LogP contribution in [0.25, 0.3) is 6.08 Å². The molecule has 27 heavy (non-hydrogen) atoms. The van der Waals surface area contributed by atoms with E-state index in [1.807, 2.05) is 12.1 Å². The lowest BCUT2D eigenvalue weighted by Gasteiger charge is -2.36. The summed E-state index contributed by atoms with van der Waals surface area (Å²) in [5.41, 5.74) is 3.16. The third-order valence-corrected chi connectivity index (χ3v) is 5.11. The molecule has 0 bridgehead atoms. The molecule has 0 atom stereocenters. The summed E-state index contributed by atoms with van der Waals surface area (Å²) in [6.07, 6.45) is 3.97. The van der Waals surface area contributed by atoms with Gasteiger partial charge in [0.15, 0.2) is 11.5 Å². The molecule has 0 spiro atoms. The summed E-state index contributed by atoms with van der Waals surface area (Å²) in [5.74, 6) is 1.60. The van der Waals surface area contributed by atoms with Gasteiger partial charge in [0, 0.05) is 51.4 Å². The molecule has 0 amide bonds. The van der Waals surface area contributed by atoms with Crippen molar-refractivity contribution in [2.24, 2.45) is 7.05 Å². The van der Waals surface area contributed by atoms with Crippen LogP contribution in [-0.4, -0.2) is 61.1 Å². The van der Waals surface area contributed by atoms with Crippen LogP contribution < -0.4 is 19.9 Å². The maximum absolute atomic E-state index is 11.8. The molecule has 2 aliphatic rings. The predicted molar refractivity (Wildman–Crippen MR) is 105 cm³/mol. The van der Waals surface area contributed by atoms with Gasteiger partial charge in [-0.15, -0.1) is 0 Å². The first-order valence-corrected chi connectivity index (χ1v) is 9.14. The predicted octanol–water partition coefficient (Wildman–Crippen LogP) is 1.39. The summed E-state index contributed by atoms with van der Waals surface area (Å²) in [6, 6.07) is 7.61. The molecule has 0 N–H and O–H groups in total. The topological polar surface area (TPSA) is 59.8 Å². The molecule has 2 aromatic rings. The minimum absolute atomic E-state index is 0.0754. The van der Waals surface area contributed by atoms with Gasteiger partial charge < -0.3 is 14.4 Å². The van der Waals surface area contributed by atoms with Crippen molar-refractivity contribution in [2.75, 3.05) is 51.3 Å². The number of hydrogen-bond donors (Lipinski definition) is 0. The minimum Gasteiger partial charge on any atom is -0.493 e. The van der Waals surface area contributed by atoms with Crippen LogP contribution in [0.5, 0.6) is 11.5 Å². The summed E-state index contributed by atoms with van der Waals surface area (Å²) in [7, 11) is 3.33. The molecule has 2 aliphatic heterocycles. The normalized spacial score (nSPS) is 17.1. The first-order valence-electron chi connectivity index (χ1n) is 9.14. The molecule has 1 saturated heterocycles. The lowest BCUT2D eigenvalue weighted by molar-refractivity contribution is 0.256. The van der Waals surface area contributed by atoms with Crippen molar-refractivity contribution in [2.45, 2.75) is 0 Å². The van der Waals surface area contributed by atoms with Gasteiger partial charge in [-0.05, 0) is 17.7 Å². The highest BCUT2D eigenvalue weighted by molar-refractivity contribution is 5.66. The van der Waals surface area contributed by atoms with Gasteiger partial charge in [-0.3, -0.25) is 9.69 Å². The van der Waals surface area contributed by atoms with Crippen LogP contribution in [0.15, 0.2) is 40.8 Å². The zero-order valence-electron chi connectivity index (χ0n) is 15.7. The van der Waals surface area contributed by atoms with Gasteiger partial charge in [-0.25, -0.2) is 4.68 Å². The quantitative estimate of drug-likeness (QED) is 0.813. The van der Waals surface area contributed by atoms with E-state index in [4.69, 9.17) is 9.47 Å². The second kappa shape index (κ2) is 7.44. The highest BCUT2D eigenvalue weighted by Crippen LogP contribution is 2.35. The number of anilines is 1. The van der Waals surface area contributed by atoms with E-state index in [1.165, 1.54) is 10.3 Å². The SMILES string of the molecule is COc1cccc2c1OCC(CN1CCN(c3cnn(C)c(=O)c3)CC1)=C2. The molecule has 1 fully saturated rings. The Morgan fingerprint density at radius 3 is 2.78 bits per heavy atom. The van der Waals surface area contributed by atoms with E-state index in [0.29, 0.717) is 6.61 Å². The highest BCUT2D eigenvalue weighted by Gasteiger charge is 2.21. The third-order valence-electron chi connectivity index (χ3n) is 5.11. The number of methoxy groups -OCH3 is 1. The molecule has 1 aromatic carbocycles. The summed E-state index contributed by atoms with van der Waals surface area (Å²) >= 11 is 0. The van der Waals surface area contributed by atoms with E-state index in [1.54, 1.807) is 26.4 Å². The Labute approximate surface area is 158 Å². The number of aromatic nitrogens is 2. The van der Waals surface area contributed by atoms with Crippen molar-refractivity contribution < 1.29 is 9.47 Å². The Kier molecular flexibility index (Phi) is 4.85. The zero-order valence-corrected chi connectivity index (χ0v) is 15.7. The van der Waals surface area contributed by atoms with Gasteiger partial charge in [0.05, 0.1) is 19.0 Å². The van der Waals surface area contributed by atoms with Crippen LogP contribution in [0, 0.1) is 0 Å². The Hall–Kier alpha value is -2.80. The molecule has 142 valence electrons. The number of fused-ring (bicyclic) bond motifs is 1. The Balaban J connectivity index is 1.38. The first-order chi connectivity index (χ1) is 13.1. The minimum atomic E-state index is -0.0754. The van der Waals surface area contributed by atoms with Crippen molar-refractivity contribution in [3.05, 3.63) is 52.0 Å². The van der Waals surface area contributed by atoms with Crippen LogP contribution in [0.3, 0.4) is 0 Å². The van der Waals surface area contributed by atoms with Gasteiger partial charge in [0.1, 0.15) is 6.61 Å². The van der Waals surface area contributed by atoms with Crippen molar-refractivity contribution in [3.63, 3.8) is 0 Å². The number of benzene rings is 1. The van der Waals surface area contributed by atoms with Crippen LogP contribution in [0.1, 0.15) is 5.56 Å². The van der Waals surface area contributed by atoms with Gasteiger partial charge in [0.25, 0.3) is 5.56 Å². The van der Waals surface area contributed by atoms with Crippen LogP contribution in [-0.2, 0) is 7.05 Å². The first kappa shape index (κ1) is 17.6. The molecule has 3 heterocycles. The molecule has 4 rings (SSSR count). The third kappa shape index (κ3) is 3.68. The Morgan fingerprint density at radius 2 is 2.04 bits per heavy atom. The smallest absolute Gasteiger partial charge is 0.268 e. The van der Waals surface area contributed by atoms with Crippen molar-refractivity contribution >= 4 is 11.8 Å². The molecule has 0 unspecified atom stereocenters. The van der Waals surface area contributed by atoms with E-state index < -0.39 is 0 Å². The number of aryl methyl sites for hydroxylation is 1. The van der Waals surface area contributed by atoms with Crippen molar-refractivity contribution in [1.82, 2.24) is 14.7 Å². The number of nitrogens with zero attached hydrogens (tertiary/aromatic N) is 4. The maximum atomic E-state index is 11.8. The Bertz CT molecular complexity index is 914. The molecule has 7 heteroatoms. The van der Waals surface area contributed by atoms with Crippen molar-refractivity contribution in [1.29, 1.82) is 0 Å². The molecule has 7 nitrogen and oxygen atoms in total. The molecule has 0 aliphatic carbocycles. The van der Waals surface area contributed by atoms with Crippen LogP contribution in [0.4, 0.5) is 5.69 Å². The summed E-state index contributed by atoms with van der Waals surface area (Å²) in [6.45, 7) is 5.13. The summed E-state index contributed by atoms with van der Waals surface area (Å²) in [5, 5.41) is 4.11. The van der Waals surface area contributed by atoms with Crippen LogP contribution >= 0.6 is 0 Å². The lowest BCUT2D eigenvalue weighted by atomic mass is 10.1. The average molecular weight is 368 g/mol. The second-order valence-corrected chi connectivity index (χ2v) is 6.91. The van der Waals surface area contributed by atoms with E-state index in [-0.39, 0.29) is 5.56 Å². The fourth-order valence-electron chi connectivity index (χ4n) is 3.56. The molecule has 0 radical (unpaired) electrons. The highest BCUT2D eigenvalue weighted by atomic mass is 16.5. The van der Waals surface area contributed by atoms with E-state index in [2.05, 4.69) is 27.0 Å². The maximum Gasteiger partial charge on any atom is 0.268 e. The van der Waals surface area contributed by atoms with Gasteiger partial charge >= 0.3 is 0 Å². The summed E-state index contributed by atoms with van der Waals surface area (Å²) < 4.78 is 12.7. The second-order valence-electron chi connectivity index (χ2n) is 6.91.